The van der Waals surface area contributed by atoms with Gasteiger partial charge in [-0.1, -0.05) is 0 Å². The molecule has 17 heavy (non-hydrogen) atoms. The van der Waals surface area contributed by atoms with E-state index in [1.165, 1.54) is 13.0 Å². The van der Waals surface area contributed by atoms with E-state index in [4.69, 9.17) is 0 Å². The van der Waals surface area contributed by atoms with Crippen molar-refractivity contribution in [1.29, 1.82) is 0 Å². The van der Waals surface area contributed by atoms with Crippen LogP contribution in [0.5, 0.6) is 0 Å². The molecule has 0 heterocycles. The monoisotopic (exact) mass is 240 g/mol. The van der Waals surface area contributed by atoms with E-state index in [9.17, 15) is 25.0 Å². The van der Waals surface area contributed by atoms with Crippen LogP contribution in [0.4, 0.5) is 11.4 Å². The standard InChI is InChI=1S/C9H8N2O6/c1-6(12)17-5-7-2-3-8(10(13)14)9(4-7)11(15)16/h2-4H,5H2,1H3. The highest BCUT2D eigenvalue weighted by atomic mass is 16.6. The molecular weight excluding hydrogens is 232 g/mol. The molecule has 0 unspecified atom stereocenters. The number of esters is 1. The van der Waals surface area contributed by atoms with Gasteiger partial charge in [0.2, 0.25) is 0 Å². The Kier molecular flexibility index (Phi) is 3.70. The lowest BCUT2D eigenvalue weighted by atomic mass is 10.2. The molecule has 0 aliphatic heterocycles. The van der Waals surface area contributed by atoms with Crippen LogP contribution in [-0.2, 0) is 16.1 Å². The van der Waals surface area contributed by atoms with Gasteiger partial charge in [0.05, 0.1) is 9.85 Å². The molecule has 0 spiro atoms. The quantitative estimate of drug-likeness (QED) is 0.448. The lowest BCUT2D eigenvalue weighted by Gasteiger charge is -2.02. The summed E-state index contributed by atoms with van der Waals surface area (Å²) in [6.45, 7) is 1.04. The number of hydrogen-bond donors (Lipinski definition) is 0. The Balaban J connectivity index is 3.05. The molecule has 0 saturated carbocycles. The first-order valence-electron chi connectivity index (χ1n) is 4.47. The third kappa shape index (κ3) is 3.23. The number of carbonyl (C=O) groups is 1. The second-order valence-electron chi connectivity index (χ2n) is 3.12. The SMILES string of the molecule is CC(=O)OCc1ccc([N+](=O)[O-])c([N+](=O)[O-])c1. The maximum atomic E-state index is 10.6. The van der Waals surface area contributed by atoms with Crippen LogP contribution >= 0.6 is 0 Å². The highest BCUT2D eigenvalue weighted by molar-refractivity contribution is 5.66. The first-order valence-corrected chi connectivity index (χ1v) is 4.47. The molecule has 1 aromatic rings. The zero-order valence-corrected chi connectivity index (χ0v) is 8.78. The average molecular weight is 240 g/mol. The zero-order valence-electron chi connectivity index (χ0n) is 8.78. The second-order valence-corrected chi connectivity index (χ2v) is 3.12. The summed E-state index contributed by atoms with van der Waals surface area (Å²) in [6.07, 6.45) is 0. The van der Waals surface area contributed by atoms with E-state index in [1.54, 1.807) is 0 Å². The first-order chi connectivity index (χ1) is 7.91. The number of benzene rings is 1. The summed E-state index contributed by atoms with van der Waals surface area (Å²) >= 11 is 0. The van der Waals surface area contributed by atoms with Crippen LogP contribution in [-0.4, -0.2) is 15.8 Å². The van der Waals surface area contributed by atoms with Gasteiger partial charge in [0.25, 0.3) is 0 Å². The molecule has 0 aliphatic rings. The Hall–Kier alpha value is -2.51. The summed E-state index contributed by atoms with van der Waals surface area (Å²) in [4.78, 5) is 30.0. The van der Waals surface area contributed by atoms with Gasteiger partial charge in [0.15, 0.2) is 0 Å². The van der Waals surface area contributed by atoms with E-state index >= 15 is 0 Å². The normalized spacial score (nSPS) is 9.71. The van der Waals surface area contributed by atoms with Gasteiger partial charge in [-0.3, -0.25) is 25.0 Å². The molecule has 90 valence electrons. The summed E-state index contributed by atoms with van der Waals surface area (Å²) in [5, 5.41) is 21.1. The molecule has 1 aromatic carbocycles. The Labute approximate surface area is 95.1 Å². The van der Waals surface area contributed by atoms with Gasteiger partial charge in [-0.2, -0.15) is 0 Å². The van der Waals surface area contributed by atoms with Gasteiger partial charge < -0.3 is 4.74 Å². The molecule has 0 saturated heterocycles. The maximum Gasteiger partial charge on any atom is 0.346 e. The van der Waals surface area contributed by atoms with Crippen molar-refractivity contribution >= 4 is 17.3 Å². The summed E-state index contributed by atoms with van der Waals surface area (Å²) in [7, 11) is 0. The van der Waals surface area contributed by atoms with Crippen molar-refractivity contribution < 1.29 is 19.4 Å². The van der Waals surface area contributed by atoms with Crippen LogP contribution < -0.4 is 0 Å². The Morgan fingerprint density at radius 3 is 2.29 bits per heavy atom. The third-order valence-corrected chi connectivity index (χ3v) is 1.88. The van der Waals surface area contributed by atoms with Crippen molar-refractivity contribution in [3.63, 3.8) is 0 Å². The predicted molar refractivity (Wildman–Crippen MR) is 55.2 cm³/mol. The summed E-state index contributed by atoms with van der Waals surface area (Å²) in [5.74, 6) is -0.536. The van der Waals surface area contributed by atoms with Gasteiger partial charge in [-0.15, -0.1) is 0 Å². The molecular formula is C9H8N2O6. The van der Waals surface area contributed by atoms with Crippen LogP contribution in [0.25, 0.3) is 0 Å². The highest BCUT2D eigenvalue weighted by Crippen LogP contribution is 2.27. The molecule has 1 rings (SSSR count). The second kappa shape index (κ2) is 5.01. The molecule has 0 fully saturated rings. The Bertz CT molecular complexity index is 484. The minimum Gasteiger partial charge on any atom is -0.461 e. The van der Waals surface area contributed by atoms with Gasteiger partial charge in [-0.05, 0) is 11.6 Å². The molecule has 0 radical (unpaired) electrons. The molecule has 8 heteroatoms. The van der Waals surface area contributed by atoms with E-state index < -0.39 is 27.2 Å². The van der Waals surface area contributed by atoms with E-state index in [0.717, 1.165) is 12.1 Å². The lowest BCUT2D eigenvalue weighted by molar-refractivity contribution is -0.422. The van der Waals surface area contributed by atoms with Gasteiger partial charge in [0, 0.05) is 19.1 Å². The number of hydrogen-bond acceptors (Lipinski definition) is 6. The lowest BCUT2D eigenvalue weighted by Crippen LogP contribution is -2.01. The van der Waals surface area contributed by atoms with Crippen LogP contribution in [0.2, 0.25) is 0 Å². The highest BCUT2D eigenvalue weighted by Gasteiger charge is 2.24. The van der Waals surface area contributed by atoms with Gasteiger partial charge in [-0.25, -0.2) is 0 Å². The molecule has 8 nitrogen and oxygen atoms in total. The van der Waals surface area contributed by atoms with Gasteiger partial charge >= 0.3 is 17.3 Å². The van der Waals surface area contributed by atoms with E-state index in [1.807, 2.05) is 0 Å². The Morgan fingerprint density at radius 2 is 1.82 bits per heavy atom. The van der Waals surface area contributed by atoms with Crippen molar-refractivity contribution in [2.24, 2.45) is 0 Å². The van der Waals surface area contributed by atoms with Crippen LogP contribution in [0.3, 0.4) is 0 Å². The largest absolute Gasteiger partial charge is 0.461 e. The average Bonchev–Trinajstić information content (AvgIpc) is 2.25. The van der Waals surface area contributed by atoms with Crippen molar-refractivity contribution in [3.8, 4) is 0 Å². The molecule has 0 aromatic heterocycles. The topological polar surface area (TPSA) is 113 Å². The van der Waals surface area contributed by atoms with Crippen molar-refractivity contribution in [1.82, 2.24) is 0 Å². The molecule has 0 amide bonds. The fourth-order valence-electron chi connectivity index (χ4n) is 1.14. The van der Waals surface area contributed by atoms with Crippen LogP contribution in [0, 0.1) is 20.2 Å². The number of nitrogens with zero attached hydrogens (tertiary/aromatic N) is 2. The summed E-state index contributed by atoms with van der Waals surface area (Å²) in [5.41, 5.74) is -0.904. The fraction of sp³-hybridized carbons (Fsp3) is 0.222. The summed E-state index contributed by atoms with van der Waals surface area (Å²) < 4.78 is 4.63. The van der Waals surface area contributed by atoms with Crippen molar-refractivity contribution in [2.75, 3.05) is 0 Å². The summed E-state index contributed by atoms with van der Waals surface area (Å²) in [6, 6.07) is 3.33. The number of carbonyl (C=O) groups excluding carboxylic acids is 1. The molecule has 0 aliphatic carbocycles. The number of nitro benzene ring substituents is 2. The van der Waals surface area contributed by atoms with Crippen molar-refractivity contribution in [2.45, 2.75) is 13.5 Å². The first kappa shape index (κ1) is 12.6. The van der Waals surface area contributed by atoms with E-state index in [2.05, 4.69) is 4.74 Å². The minimum absolute atomic E-state index is 0.159. The molecule has 0 bridgehead atoms. The predicted octanol–water partition coefficient (Wildman–Crippen LogP) is 1.57. The van der Waals surface area contributed by atoms with Crippen LogP contribution in [0.1, 0.15) is 12.5 Å². The number of ether oxygens (including phenoxy) is 1. The van der Waals surface area contributed by atoms with Crippen LogP contribution in [0.15, 0.2) is 18.2 Å². The zero-order chi connectivity index (χ0) is 13.0. The van der Waals surface area contributed by atoms with E-state index in [-0.39, 0.29) is 6.61 Å². The van der Waals surface area contributed by atoms with Crippen molar-refractivity contribution in [3.05, 3.63) is 44.0 Å². The minimum atomic E-state index is -0.852. The smallest absolute Gasteiger partial charge is 0.346 e. The molecule has 0 atom stereocenters. The maximum absolute atomic E-state index is 10.6. The number of rotatable bonds is 4. The van der Waals surface area contributed by atoms with Gasteiger partial charge in [0.1, 0.15) is 6.61 Å². The third-order valence-electron chi connectivity index (χ3n) is 1.88. The van der Waals surface area contributed by atoms with E-state index in [0.29, 0.717) is 5.56 Å². The number of nitro groups is 2. The fourth-order valence-corrected chi connectivity index (χ4v) is 1.14. The Morgan fingerprint density at radius 1 is 1.24 bits per heavy atom. The molecule has 0 N–H and O–H groups in total.